The Morgan fingerprint density at radius 2 is 2.08 bits per heavy atom. The first-order valence-corrected chi connectivity index (χ1v) is 4.59. The number of nitrogens with two attached hydrogens (primary N) is 1. The van der Waals surface area contributed by atoms with Crippen LogP contribution in [0.1, 0.15) is 11.3 Å². The molecule has 0 amide bonds. The third-order valence-electron chi connectivity index (χ3n) is 2.46. The highest BCUT2D eigenvalue weighted by Gasteiger charge is 2.04. The summed E-state index contributed by atoms with van der Waals surface area (Å²) in [6, 6.07) is 8.35. The Labute approximate surface area is 77.8 Å². The van der Waals surface area contributed by atoms with Gasteiger partial charge < -0.3 is 10.7 Å². The van der Waals surface area contributed by atoms with Crippen molar-refractivity contribution in [3.8, 4) is 0 Å². The van der Waals surface area contributed by atoms with Crippen LogP contribution in [0.3, 0.4) is 0 Å². The minimum Gasteiger partial charge on any atom is -0.358 e. The number of nitrogens with one attached hydrogen (secondary N) is 1. The van der Waals surface area contributed by atoms with Crippen molar-refractivity contribution in [3.63, 3.8) is 0 Å². The van der Waals surface area contributed by atoms with Crippen molar-refractivity contribution in [2.45, 2.75) is 13.3 Å². The van der Waals surface area contributed by atoms with Gasteiger partial charge >= 0.3 is 0 Å². The Morgan fingerprint density at radius 3 is 2.77 bits per heavy atom. The Bertz CT molecular complexity index is 415. The van der Waals surface area contributed by atoms with Gasteiger partial charge in [0, 0.05) is 23.0 Å². The molecule has 2 nitrogen and oxygen atoms in total. The fraction of sp³-hybridized carbons (Fsp3) is 0.273. The van der Waals surface area contributed by atoms with Gasteiger partial charge in [-0.05, 0) is 25.1 Å². The molecule has 2 aromatic rings. The van der Waals surface area contributed by atoms with E-state index in [1.54, 1.807) is 0 Å². The predicted molar refractivity (Wildman–Crippen MR) is 55.8 cm³/mol. The molecule has 1 heterocycles. The molecule has 0 bridgehead atoms. The lowest BCUT2D eigenvalue weighted by Gasteiger charge is -1.94. The molecule has 1 aromatic carbocycles. The van der Waals surface area contributed by atoms with Crippen LogP contribution in [0, 0.1) is 6.92 Å². The van der Waals surface area contributed by atoms with E-state index >= 15 is 0 Å². The number of hydrogen-bond acceptors (Lipinski definition) is 1. The van der Waals surface area contributed by atoms with Crippen molar-refractivity contribution in [2.24, 2.45) is 5.73 Å². The van der Waals surface area contributed by atoms with Crippen LogP contribution in [0.2, 0.25) is 0 Å². The van der Waals surface area contributed by atoms with E-state index in [2.05, 4.69) is 30.1 Å². The summed E-state index contributed by atoms with van der Waals surface area (Å²) in [4.78, 5) is 3.38. The minimum atomic E-state index is 0.702. The average Bonchev–Trinajstić information content (AvgIpc) is 2.46. The van der Waals surface area contributed by atoms with Gasteiger partial charge in [-0.3, -0.25) is 0 Å². The Balaban J connectivity index is 2.60. The van der Waals surface area contributed by atoms with Gasteiger partial charge in [0.1, 0.15) is 0 Å². The lowest BCUT2D eigenvalue weighted by atomic mass is 10.1. The first-order valence-electron chi connectivity index (χ1n) is 4.59. The number of fused-ring (bicyclic) bond motifs is 1. The lowest BCUT2D eigenvalue weighted by molar-refractivity contribution is 0.930. The number of benzene rings is 1. The number of rotatable bonds is 2. The second-order valence-corrected chi connectivity index (χ2v) is 3.31. The number of H-pyrrole nitrogens is 1. The third kappa shape index (κ3) is 1.33. The molecule has 0 radical (unpaired) electrons. The van der Waals surface area contributed by atoms with Crippen LogP contribution < -0.4 is 5.73 Å². The van der Waals surface area contributed by atoms with Crippen LogP contribution in [0.5, 0.6) is 0 Å². The molecule has 0 aliphatic rings. The highest BCUT2D eigenvalue weighted by molar-refractivity contribution is 5.84. The molecule has 0 saturated heterocycles. The number of para-hydroxylation sites is 1. The van der Waals surface area contributed by atoms with E-state index in [0.29, 0.717) is 6.54 Å². The smallest absolute Gasteiger partial charge is 0.0458 e. The summed E-state index contributed by atoms with van der Waals surface area (Å²) in [6.07, 6.45) is 0.931. The zero-order chi connectivity index (χ0) is 9.26. The molecule has 1 aromatic heterocycles. The lowest BCUT2D eigenvalue weighted by Crippen LogP contribution is -2.03. The topological polar surface area (TPSA) is 41.8 Å². The molecule has 13 heavy (non-hydrogen) atoms. The number of hydrogen-bond donors (Lipinski definition) is 2. The van der Waals surface area contributed by atoms with E-state index in [-0.39, 0.29) is 0 Å². The summed E-state index contributed by atoms with van der Waals surface area (Å²) >= 11 is 0. The Morgan fingerprint density at radius 1 is 1.31 bits per heavy atom. The maximum Gasteiger partial charge on any atom is 0.0458 e. The standard InChI is InChI=1S/C11H14N2/c1-8-9-4-2-3-5-11(9)13-10(8)6-7-12/h2-5,13H,6-7,12H2,1H3. The molecule has 0 atom stereocenters. The molecule has 0 unspecified atom stereocenters. The zero-order valence-electron chi connectivity index (χ0n) is 7.80. The molecule has 0 spiro atoms. The second kappa shape index (κ2) is 3.23. The van der Waals surface area contributed by atoms with Crippen molar-refractivity contribution in [1.82, 2.24) is 4.98 Å². The number of aromatic nitrogens is 1. The average molecular weight is 174 g/mol. The van der Waals surface area contributed by atoms with E-state index < -0.39 is 0 Å². The Hall–Kier alpha value is -1.28. The predicted octanol–water partition coefficient (Wildman–Crippen LogP) is 1.98. The van der Waals surface area contributed by atoms with Crippen molar-refractivity contribution >= 4 is 10.9 Å². The first-order chi connectivity index (χ1) is 6.33. The Kier molecular flexibility index (Phi) is 2.07. The largest absolute Gasteiger partial charge is 0.358 e. The summed E-state index contributed by atoms with van der Waals surface area (Å²) in [5, 5.41) is 1.31. The van der Waals surface area contributed by atoms with Crippen molar-refractivity contribution in [2.75, 3.05) is 6.54 Å². The molecule has 2 heteroatoms. The fourth-order valence-electron chi connectivity index (χ4n) is 1.73. The van der Waals surface area contributed by atoms with Gasteiger partial charge in [0.05, 0.1) is 0 Å². The fourth-order valence-corrected chi connectivity index (χ4v) is 1.73. The van der Waals surface area contributed by atoms with Gasteiger partial charge in [0.2, 0.25) is 0 Å². The maximum atomic E-state index is 5.53. The van der Waals surface area contributed by atoms with E-state index in [1.165, 1.54) is 22.2 Å². The van der Waals surface area contributed by atoms with Crippen LogP contribution >= 0.6 is 0 Å². The molecule has 0 aliphatic carbocycles. The summed E-state index contributed by atoms with van der Waals surface area (Å²) in [6.45, 7) is 2.84. The third-order valence-corrected chi connectivity index (χ3v) is 2.46. The van der Waals surface area contributed by atoms with Gasteiger partial charge in [-0.1, -0.05) is 18.2 Å². The molecule has 0 fully saturated rings. The molecule has 2 rings (SSSR count). The van der Waals surface area contributed by atoms with Crippen LogP contribution in [-0.4, -0.2) is 11.5 Å². The quantitative estimate of drug-likeness (QED) is 0.718. The van der Waals surface area contributed by atoms with Gasteiger partial charge in [-0.2, -0.15) is 0 Å². The minimum absolute atomic E-state index is 0.702. The summed E-state index contributed by atoms with van der Waals surface area (Å²) in [5.41, 5.74) is 9.34. The molecule has 68 valence electrons. The van der Waals surface area contributed by atoms with Gasteiger partial charge in [0.15, 0.2) is 0 Å². The highest BCUT2D eigenvalue weighted by atomic mass is 14.7. The zero-order valence-corrected chi connectivity index (χ0v) is 7.80. The van der Waals surface area contributed by atoms with Crippen molar-refractivity contribution < 1.29 is 0 Å². The summed E-state index contributed by atoms with van der Waals surface area (Å²) in [7, 11) is 0. The molecule has 3 N–H and O–H groups in total. The summed E-state index contributed by atoms with van der Waals surface area (Å²) < 4.78 is 0. The maximum absolute atomic E-state index is 5.53. The van der Waals surface area contributed by atoms with E-state index in [9.17, 15) is 0 Å². The normalized spacial score (nSPS) is 10.9. The van der Waals surface area contributed by atoms with Gasteiger partial charge in [-0.25, -0.2) is 0 Å². The van der Waals surface area contributed by atoms with Crippen LogP contribution in [0.25, 0.3) is 10.9 Å². The molecular formula is C11H14N2. The van der Waals surface area contributed by atoms with Crippen molar-refractivity contribution in [3.05, 3.63) is 35.5 Å². The summed E-state index contributed by atoms with van der Waals surface area (Å²) in [5.74, 6) is 0. The van der Waals surface area contributed by atoms with Gasteiger partial charge in [-0.15, -0.1) is 0 Å². The SMILES string of the molecule is Cc1c(CCN)[nH]c2ccccc12. The molecule has 0 aliphatic heterocycles. The van der Waals surface area contributed by atoms with Crippen molar-refractivity contribution in [1.29, 1.82) is 0 Å². The number of aromatic amines is 1. The highest BCUT2D eigenvalue weighted by Crippen LogP contribution is 2.20. The van der Waals surface area contributed by atoms with E-state index in [1.807, 2.05) is 6.07 Å². The molecule has 0 saturated carbocycles. The monoisotopic (exact) mass is 174 g/mol. The van der Waals surface area contributed by atoms with Gasteiger partial charge in [0.25, 0.3) is 0 Å². The first kappa shape index (κ1) is 8.32. The van der Waals surface area contributed by atoms with Crippen LogP contribution in [-0.2, 0) is 6.42 Å². The van der Waals surface area contributed by atoms with Crippen LogP contribution in [0.4, 0.5) is 0 Å². The second-order valence-electron chi connectivity index (χ2n) is 3.31. The molecular weight excluding hydrogens is 160 g/mol. The van der Waals surface area contributed by atoms with E-state index in [4.69, 9.17) is 5.73 Å². The van der Waals surface area contributed by atoms with Crippen LogP contribution in [0.15, 0.2) is 24.3 Å². The number of aryl methyl sites for hydroxylation is 1. The van der Waals surface area contributed by atoms with E-state index in [0.717, 1.165) is 6.42 Å².